The van der Waals surface area contributed by atoms with E-state index in [1.54, 1.807) is 26.9 Å². The van der Waals surface area contributed by atoms with Gasteiger partial charge in [0.1, 0.15) is 15.6 Å². The third kappa shape index (κ3) is 5.61. The van der Waals surface area contributed by atoms with Gasteiger partial charge in [-0.2, -0.15) is 5.10 Å². The lowest BCUT2D eigenvalue weighted by Gasteiger charge is -2.35. The Bertz CT molecular complexity index is 1200. The fraction of sp³-hybridized carbons (Fsp3) is 0.542. The highest BCUT2D eigenvalue weighted by Crippen LogP contribution is 2.43. The summed E-state index contributed by atoms with van der Waals surface area (Å²) < 4.78 is 35.9. The molecule has 2 aromatic rings. The van der Waals surface area contributed by atoms with Crippen LogP contribution in [0, 0.1) is 0 Å². The third-order valence-corrected chi connectivity index (χ3v) is 7.48. The van der Waals surface area contributed by atoms with E-state index in [0.717, 1.165) is 49.0 Å². The van der Waals surface area contributed by atoms with Crippen molar-refractivity contribution in [1.82, 2.24) is 14.7 Å². The number of ether oxygens (including phenoxy) is 2. The van der Waals surface area contributed by atoms with Crippen LogP contribution < -0.4 is 9.64 Å². The fourth-order valence-corrected chi connectivity index (χ4v) is 5.17. The highest BCUT2D eigenvalue weighted by molar-refractivity contribution is 7.90. The number of sulfone groups is 1. The molecule has 0 saturated carbocycles. The van der Waals surface area contributed by atoms with Crippen LogP contribution in [0.1, 0.15) is 31.7 Å². The minimum absolute atomic E-state index is 0.0159. The molecule has 11 heteroatoms. The zero-order chi connectivity index (χ0) is 25.2. The van der Waals surface area contributed by atoms with Crippen LogP contribution in [-0.4, -0.2) is 80.0 Å². The number of anilines is 1. The van der Waals surface area contributed by atoms with E-state index in [1.807, 2.05) is 19.1 Å². The zero-order valence-corrected chi connectivity index (χ0v) is 21.2. The standard InChI is InChI=1S/C24H32N4O6S/c1-17-6-7-20-21(28(17)24(30)33-2)9-8-19(18-14-25-27(15-18)12-13-35(3,31)32)23(20)34-16-22(29)26-10-4-5-11-26/h8-9,14-15,17H,4-7,10-13,16H2,1-3H3. The normalized spacial score (nSPS) is 17.9. The predicted molar refractivity (Wildman–Crippen MR) is 131 cm³/mol. The Hall–Kier alpha value is -3.08. The number of hydrogen-bond donors (Lipinski definition) is 0. The van der Waals surface area contributed by atoms with Gasteiger partial charge in [0.15, 0.2) is 6.61 Å². The van der Waals surface area contributed by atoms with Gasteiger partial charge < -0.3 is 14.4 Å². The molecule has 35 heavy (non-hydrogen) atoms. The first-order valence-electron chi connectivity index (χ1n) is 11.8. The highest BCUT2D eigenvalue weighted by Gasteiger charge is 2.32. The van der Waals surface area contributed by atoms with E-state index in [1.165, 1.54) is 13.4 Å². The number of likely N-dealkylation sites (tertiary alicyclic amines) is 1. The summed E-state index contributed by atoms with van der Waals surface area (Å²) in [6, 6.07) is 3.67. The first kappa shape index (κ1) is 25.0. The van der Waals surface area contributed by atoms with Crippen LogP contribution in [0.25, 0.3) is 11.1 Å². The smallest absolute Gasteiger partial charge is 0.414 e. The van der Waals surface area contributed by atoms with Crippen molar-refractivity contribution in [2.45, 2.75) is 45.2 Å². The molecule has 0 radical (unpaired) electrons. The number of fused-ring (bicyclic) bond motifs is 1. The molecule has 2 amide bonds. The van der Waals surface area contributed by atoms with E-state index in [2.05, 4.69) is 5.10 Å². The van der Waals surface area contributed by atoms with Crippen LogP contribution in [0.15, 0.2) is 24.5 Å². The molecule has 0 N–H and O–H groups in total. The minimum atomic E-state index is -3.12. The van der Waals surface area contributed by atoms with Crippen molar-refractivity contribution >= 4 is 27.5 Å². The fourth-order valence-electron chi connectivity index (χ4n) is 4.65. The number of aromatic nitrogens is 2. The Morgan fingerprint density at radius 1 is 1.20 bits per heavy atom. The van der Waals surface area contributed by atoms with Gasteiger partial charge in [0, 0.05) is 48.3 Å². The van der Waals surface area contributed by atoms with E-state index >= 15 is 0 Å². The Balaban J connectivity index is 1.70. The van der Waals surface area contributed by atoms with E-state index < -0.39 is 15.9 Å². The summed E-state index contributed by atoms with van der Waals surface area (Å²) in [6.45, 7) is 3.59. The van der Waals surface area contributed by atoms with Crippen molar-refractivity contribution in [2.75, 3.05) is 43.7 Å². The second-order valence-corrected chi connectivity index (χ2v) is 11.4. The maximum absolute atomic E-state index is 12.7. The van der Waals surface area contributed by atoms with Crippen molar-refractivity contribution in [1.29, 1.82) is 0 Å². The molecule has 1 unspecified atom stereocenters. The van der Waals surface area contributed by atoms with Crippen LogP contribution >= 0.6 is 0 Å². The summed E-state index contributed by atoms with van der Waals surface area (Å²) >= 11 is 0. The second kappa shape index (κ2) is 10.3. The van der Waals surface area contributed by atoms with Gasteiger partial charge in [-0.1, -0.05) is 0 Å². The number of methoxy groups -OCH3 is 1. The lowest BCUT2D eigenvalue weighted by atomic mass is 9.92. The van der Waals surface area contributed by atoms with Gasteiger partial charge in [-0.05, 0) is 44.7 Å². The number of carbonyl (C=O) groups excluding carboxylic acids is 2. The van der Waals surface area contributed by atoms with Crippen LogP contribution in [0.5, 0.6) is 5.75 Å². The van der Waals surface area contributed by atoms with E-state index in [-0.39, 0.29) is 30.9 Å². The van der Waals surface area contributed by atoms with Crippen molar-refractivity contribution in [3.05, 3.63) is 30.1 Å². The molecule has 0 spiro atoms. The molecule has 3 heterocycles. The zero-order valence-electron chi connectivity index (χ0n) is 20.4. The molecule has 1 aromatic carbocycles. The van der Waals surface area contributed by atoms with Gasteiger partial charge in [0.2, 0.25) is 0 Å². The Labute approximate surface area is 205 Å². The van der Waals surface area contributed by atoms with Crippen LogP contribution in [0.3, 0.4) is 0 Å². The second-order valence-electron chi connectivity index (χ2n) is 9.17. The Kier molecular flexibility index (Phi) is 7.34. The predicted octanol–water partition coefficient (Wildman–Crippen LogP) is 2.50. The molecule has 1 aromatic heterocycles. The van der Waals surface area contributed by atoms with E-state index in [9.17, 15) is 18.0 Å². The maximum Gasteiger partial charge on any atom is 0.414 e. The Morgan fingerprint density at radius 2 is 1.94 bits per heavy atom. The summed E-state index contributed by atoms with van der Waals surface area (Å²) in [4.78, 5) is 28.7. The monoisotopic (exact) mass is 504 g/mol. The molecular weight excluding hydrogens is 472 g/mol. The summed E-state index contributed by atoms with van der Waals surface area (Å²) in [7, 11) is -1.77. The quantitative estimate of drug-likeness (QED) is 0.570. The number of aryl methyl sites for hydroxylation is 1. The molecule has 0 aliphatic carbocycles. The average molecular weight is 505 g/mol. The molecule has 2 aliphatic rings. The van der Waals surface area contributed by atoms with Gasteiger partial charge in [-0.25, -0.2) is 13.2 Å². The number of carbonyl (C=O) groups is 2. The van der Waals surface area contributed by atoms with Crippen molar-refractivity contribution in [2.24, 2.45) is 0 Å². The highest BCUT2D eigenvalue weighted by atomic mass is 32.2. The molecule has 10 nitrogen and oxygen atoms in total. The number of benzene rings is 1. The van der Waals surface area contributed by atoms with E-state index in [0.29, 0.717) is 17.9 Å². The van der Waals surface area contributed by atoms with Gasteiger partial charge in [0.05, 0.1) is 31.3 Å². The molecule has 2 aliphatic heterocycles. The van der Waals surface area contributed by atoms with Crippen LogP contribution in [0.4, 0.5) is 10.5 Å². The number of rotatable bonds is 7. The van der Waals surface area contributed by atoms with Crippen molar-refractivity contribution < 1.29 is 27.5 Å². The molecule has 4 rings (SSSR count). The van der Waals surface area contributed by atoms with E-state index in [4.69, 9.17) is 9.47 Å². The van der Waals surface area contributed by atoms with Crippen molar-refractivity contribution in [3.8, 4) is 16.9 Å². The minimum Gasteiger partial charge on any atom is -0.483 e. The molecule has 0 bridgehead atoms. The summed E-state index contributed by atoms with van der Waals surface area (Å²) in [6.07, 6.45) is 7.56. The molecule has 190 valence electrons. The molecule has 1 atom stereocenters. The van der Waals surface area contributed by atoms with Gasteiger partial charge in [-0.3, -0.25) is 14.4 Å². The first-order valence-corrected chi connectivity index (χ1v) is 13.9. The Morgan fingerprint density at radius 3 is 2.63 bits per heavy atom. The number of amides is 2. The molecule has 1 saturated heterocycles. The summed E-state index contributed by atoms with van der Waals surface area (Å²) in [5, 5.41) is 4.31. The van der Waals surface area contributed by atoms with Crippen LogP contribution in [0.2, 0.25) is 0 Å². The lowest BCUT2D eigenvalue weighted by Crippen LogP contribution is -2.42. The van der Waals surface area contributed by atoms with Crippen LogP contribution in [-0.2, 0) is 32.3 Å². The first-order chi connectivity index (χ1) is 16.7. The van der Waals surface area contributed by atoms with Gasteiger partial charge in [-0.15, -0.1) is 0 Å². The van der Waals surface area contributed by atoms with Gasteiger partial charge >= 0.3 is 6.09 Å². The number of nitrogens with zero attached hydrogens (tertiary/aromatic N) is 4. The molecule has 1 fully saturated rings. The topological polar surface area (TPSA) is 111 Å². The largest absolute Gasteiger partial charge is 0.483 e. The van der Waals surface area contributed by atoms with Gasteiger partial charge in [0.25, 0.3) is 5.91 Å². The average Bonchev–Trinajstić information content (AvgIpc) is 3.52. The lowest BCUT2D eigenvalue weighted by molar-refractivity contribution is -0.132. The summed E-state index contributed by atoms with van der Waals surface area (Å²) in [5.74, 6) is 0.459. The van der Waals surface area contributed by atoms with Crippen molar-refractivity contribution in [3.63, 3.8) is 0 Å². The maximum atomic E-state index is 12.7. The SMILES string of the molecule is COC(=O)N1c2ccc(-c3cnn(CCS(C)(=O)=O)c3)c(OCC(=O)N3CCCC3)c2CCC1C. The number of hydrogen-bond acceptors (Lipinski definition) is 7. The summed E-state index contributed by atoms with van der Waals surface area (Å²) in [5.41, 5.74) is 3.02. The third-order valence-electron chi connectivity index (χ3n) is 6.55. The molecular formula is C24H32N4O6S.